The minimum atomic E-state index is -0.585. The summed E-state index contributed by atoms with van der Waals surface area (Å²) in [5, 5.41) is 0. The van der Waals surface area contributed by atoms with Crippen molar-refractivity contribution >= 4 is 5.97 Å². The van der Waals surface area contributed by atoms with Crippen LogP contribution in [0.25, 0.3) is 0 Å². The number of carbonyl (C=O) groups is 1. The van der Waals surface area contributed by atoms with Crippen molar-refractivity contribution < 1.29 is 28.5 Å². The molecule has 1 aliphatic rings. The van der Waals surface area contributed by atoms with E-state index in [2.05, 4.69) is 6.92 Å². The summed E-state index contributed by atoms with van der Waals surface area (Å²) in [6.07, 6.45) is 7.32. The lowest BCUT2D eigenvalue weighted by Crippen LogP contribution is -2.28. The van der Waals surface area contributed by atoms with E-state index in [9.17, 15) is 4.79 Å². The summed E-state index contributed by atoms with van der Waals surface area (Å²) in [7, 11) is 5.99. The monoisotopic (exact) mass is 380 g/mol. The summed E-state index contributed by atoms with van der Waals surface area (Å²) in [6, 6.07) is 1.88. The first-order chi connectivity index (χ1) is 13.1. The van der Waals surface area contributed by atoms with Gasteiger partial charge in [0.25, 0.3) is 0 Å². The maximum Gasteiger partial charge on any atom is 0.345 e. The molecule has 1 heterocycles. The van der Waals surface area contributed by atoms with Gasteiger partial charge in [0.15, 0.2) is 6.29 Å². The highest BCUT2D eigenvalue weighted by atomic mass is 16.7. The van der Waals surface area contributed by atoms with Gasteiger partial charge in [-0.25, -0.2) is 4.79 Å². The van der Waals surface area contributed by atoms with Crippen molar-refractivity contribution in [2.45, 2.75) is 64.3 Å². The number of esters is 1. The maximum atomic E-state index is 12.3. The zero-order valence-electron chi connectivity index (χ0n) is 17.1. The van der Waals surface area contributed by atoms with Crippen LogP contribution in [-0.4, -0.2) is 40.5 Å². The van der Waals surface area contributed by atoms with Crippen LogP contribution in [-0.2, 0) is 20.6 Å². The summed E-state index contributed by atoms with van der Waals surface area (Å²) in [5.74, 6) is 0.319. The smallest absolute Gasteiger partial charge is 0.345 e. The molecule has 0 aromatic heterocycles. The molecule has 0 spiro atoms. The minimum absolute atomic E-state index is 0.0717. The molecule has 1 aromatic rings. The Hall–Kier alpha value is -1.79. The molecule has 1 aromatic carbocycles. The van der Waals surface area contributed by atoms with Crippen LogP contribution in [0.15, 0.2) is 6.07 Å². The molecular weight excluding hydrogens is 348 g/mol. The molecule has 0 fully saturated rings. The molecule has 0 amide bonds. The Kier molecular flexibility index (Phi) is 8.38. The summed E-state index contributed by atoms with van der Waals surface area (Å²) in [5.41, 5.74) is 2.02. The first-order valence-corrected chi connectivity index (χ1v) is 9.65. The number of hydrogen-bond donors (Lipinski definition) is 0. The van der Waals surface area contributed by atoms with Crippen LogP contribution in [0.4, 0.5) is 0 Å². The molecule has 0 saturated carbocycles. The predicted molar refractivity (Wildman–Crippen MR) is 103 cm³/mol. The highest BCUT2D eigenvalue weighted by Crippen LogP contribution is 2.44. The average Bonchev–Trinajstić information content (AvgIpc) is 2.70. The van der Waals surface area contributed by atoms with E-state index in [1.807, 2.05) is 6.07 Å². The second-order valence-corrected chi connectivity index (χ2v) is 6.78. The predicted octanol–water partition coefficient (Wildman–Crippen LogP) is 4.44. The number of fused-ring (bicyclic) bond motifs is 1. The molecule has 27 heavy (non-hydrogen) atoms. The molecule has 1 aliphatic heterocycles. The Bertz CT molecular complexity index is 628. The molecule has 2 atom stereocenters. The zero-order chi connectivity index (χ0) is 19.8. The second-order valence-electron chi connectivity index (χ2n) is 6.78. The fourth-order valence-corrected chi connectivity index (χ4v) is 3.65. The lowest BCUT2D eigenvalue weighted by atomic mass is 9.91. The molecule has 2 rings (SSSR count). The molecule has 152 valence electrons. The van der Waals surface area contributed by atoms with Gasteiger partial charge in [-0.15, -0.1) is 0 Å². The standard InChI is InChI=1S/C21H32O6/c1-6-7-8-9-10-11-15-12-14-13-16(23-2)18(20(22)25-4)19(24-3)17(14)21(26-5)27-15/h13,15,21H,6-12H2,1-5H3. The van der Waals surface area contributed by atoms with Gasteiger partial charge in [-0.05, 0) is 24.5 Å². The van der Waals surface area contributed by atoms with Crippen molar-refractivity contribution in [3.05, 3.63) is 22.8 Å². The number of methoxy groups -OCH3 is 4. The van der Waals surface area contributed by atoms with E-state index in [1.165, 1.54) is 47.0 Å². The van der Waals surface area contributed by atoms with Gasteiger partial charge < -0.3 is 23.7 Å². The number of hydrogen-bond acceptors (Lipinski definition) is 6. The van der Waals surface area contributed by atoms with Gasteiger partial charge in [0.2, 0.25) is 0 Å². The Labute approximate surface area is 162 Å². The van der Waals surface area contributed by atoms with Crippen molar-refractivity contribution in [1.82, 2.24) is 0 Å². The molecule has 0 aliphatic carbocycles. The zero-order valence-corrected chi connectivity index (χ0v) is 17.1. The van der Waals surface area contributed by atoms with Gasteiger partial charge in [0.1, 0.15) is 17.1 Å². The van der Waals surface area contributed by atoms with E-state index < -0.39 is 12.3 Å². The summed E-state index contributed by atoms with van der Waals surface area (Å²) >= 11 is 0. The molecule has 6 nitrogen and oxygen atoms in total. The fourth-order valence-electron chi connectivity index (χ4n) is 3.65. The minimum Gasteiger partial charge on any atom is -0.496 e. The Morgan fingerprint density at radius 3 is 2.44 bits per heavy atom. The van der Waals surface area contributed by atoms with E-state index in [4.69, 9.17) is 23.7 Å². The van der Waals surface area contributed by atoms with Crippen LogP contribution < -0.4 is 9.47 Å². The molecule has 0 N–H and O–H groups in total. The number of carbonyl (C=O) groups excluding carboxylic acids is 1. The summed E-state index contributed by atoms with van der Waals surface area (Å²) < 4.78 is 27.7. The van der Waals surface area contributed by atoms with Gasteiger partial charge in [-0.1, -0.05) is 39.0 Å². The summed E-state index contributed by atoms with van der Waals surface area (Å²) in [6.45, 7) is 2.22. The highest BCUT2D eigenvalue weighted by Gasteiger charge is 2.35. The largest absolute Gasteiger partial charge is 0.496 e. The third kappa shape index (κ3) is 4.93. The van der Waals surface area contributed by atoms with E-state index in [0.29, 0.717) is 11.5 Å². The molecule has 6 heteroatoms. The number of rotatable bonds is 10. The van der Waals surface area contributed by atoms with E-state index in [1.54, 1.807) is 7.11 Å². The van der Waals surface area contributed by atoms with Crippen molar-refractivity contribution in [3.63, 3.8) is 0 Å². The van der Waals surface area contributed by atoms with Crippen LogP contribution in [0.5, 0.6) is 11.5 Å². The highest BCUT2D eigenvalue weighted by molar-refractivity contribution is 5.96. The van der Waals surface area contributed by atoms with E-state index in [-0.39, 0.29) is 11.7 Å². The quantitative estimate of drug-likeness (QED) is 0.442. The van der Waals surface area contributed by atoms with Gasteiger partial charge >= 0.3 is 5.97 Å². The Balaban J connectivity index is 2.30. The van der Waals surface area contributed by atoms with Crippen molar-refractivity contribution in [1.29, 1.82) is 0 Å². The van der Waals surface area contributed by atoms with Crippen LogP contribution in [0.1, 0.15) is 73.2 Å². The molecule has 2 unspecified atom stereocenters. The molecule has 0 bridgehead atoms. The van der Waals surface area contributed by atoms with Crippen LogP contribution in [0.2, 0.25) is 0 Å². The van der Waals surface area contributed by atoms with Crippen LogP contribution >= 0.6 is 0 Å². The molecule has 0 saturated heterocycles. The maximum absolute atomic E-state index is 12.3. The Morgan fingerprint density at radius 1 is 1.11 bits per heavy atom. The van der Waals surface area contributed by atoms with E-state index >= 15 is 0 Å². The third-order valence-electron chi connectivity index (χ3n) is 5.03. The van der Waals surface area contributed by atoms with Crippen molar-refractivity contribution in [3.8, 4) is 11.5 Å². The third-order valence-corrected chi connectivity index (χ3v) is 5.03. The van der Waals surface area contributed by atoms with Gasteiger partial charge in [0, 0.05) is 7.11 Å². The number of ether oxygens (including phenoxy) is 5. The number of unbranched alkanes of at least 4 members (excludes halogenated alkanes) is 4. The first-order valence-electron chi connectivity index (χ1n) is 9.65. The van der Waals surface area contributed by atoms with Gasteiger partial charge in [-0.3, -0.25) is 0 Å². The fraction of sp³-hybridized carbons (Fsp3) is 0.667. The lowest BCUT2D eigenvalue weighted by molar-refractivity contribution is -0.170. The normalized spacial score (nSPS) is 18.7. The van der Waals surface area contributed by atoms with E-state index in [0.717, 1.165) is 30.4 Å². The SMILES string of the molecule is CCCCCCCC1Cc2cc(OC)c(C(=O)OC)c(OC)c2C(OC)O1. The number of benzene rings is 1. The Morgan fingerprint density at radius 2 is 1.85 bits per heavy atom. The van der Waals surface area contributed by atoms with Gasteiger partial charge in [0.05, 0.1) is 33.0 Å². The second kappa shape index (κ2) is 10.5. The van der Waals surface area contributed by atoms with Crippen molar-refractivity contribution in [2.75, 3.05) is 28.4 Å². The van der Waals surface area contributed by atoms with Crippen molar-refractivity contribution in [2.24, 2.45) is 0 Å². The first kappa shape index (κ1) is 21.5. The average molecular weight is 380 g/mol. The summed E-state index contributed by atoms with van der Waals surface area (Å²) in [4.78, 5) is 12.3. The van der Waals surface area contributed by atoms with Gasteiger partial charge in [-0.2, -0.15) is 0 Å². The lowest BCUT2D eigenvalue weighted by Gasteiger charge is -2.33. The topological polar surface area (TPSA) is 63.2 Å². The molecular formula is C21H32O6. The van der Waals surface area contributed by atoms with Crippen LogP contribution in [0, 0.1) is 0 Å². The van der Waals surface area contributed by atoms with Crippen LogP contribution in [0.3, 0.4) is 0 Å². The molecule has 0 radical (unpaired) electrons.